The minimum Gasteiger partial charge on any atom is -0.545 e. The zero-order valence-corrected chi connectivity index (χ0v) is 19.3. The van der Waals surface area contributed by atoms with E-state index >= 15 is 0 Å². The largest absolute Gasteiger partial charge is 0.545 e. The van der Waals surface area contributed by atoms with Gasteiger partial charge in [-0.1, -0.05) is 84.6 Å². The van der Waals surface area contributed by atoms with Crippen molar-refractivity contribution in [3.05, 3.63) is 35.4 Å². The zero-order chi connectivity index (χ0) is 21.3. The third kappa shape index (κ3) is 11.5. The number of carboxylic acid groups (broad SMARTS) is 1. The van der Waals surface area contributed by atoms with Crippen molar-refractivity contribution in [2.75, 3.05) is 26.2 Å². The lowest BCUT2D eigenvalue weighted by atomic mass is 10.1. The van der Waals surface area contributed by atoms with E-state index in [4.69, 9.17) is 0 Å². The molecular weight excluding hydrogens is 346 g/mol. The molecule has 0 fully saturated rings. The summed E-state index contributed by atoms with van der Waals surface area (Å²) in [7, 11) is 0. The summed E-state index contributed by atoms with van der Waals surface area (Å²) < 4.78 is 1.42. The van der Waals surface area contributed by atoms with Crippen LogP contribution in [0.2, 0.25) is 0 Å². The number of aryl methyl sites for hydroxylation is 1. The molecule has 0 heterocycles. The van der Waals surface area contributed by atoms with Gasteiger partial charge in [-0.25, -0.2) is 0 Å². The second kappa shape index (κ2) is 16.6. The Morgan fingerprint density at radius 3 is 1.32 bits per heavy atom. The summed E-state index contributed by atoms with van der Waals surface area (Å²) in [6, 6.07) is 6.72. The van der Waals surface area contributed by atoms with Crippen LogP contribution in [0.5, 0.6) is 0 Å². The molecule has 0 aliphatic rings. The molecule has 0 saturated heterocycles. The average molecular weight is 392 g/mol. The number of nitrogens with zero attached hydrogens (tertiary/aromatic N) is 1. The minimum atomic E-state index is -1.12. The smallest absolute Gasteiger partial charge is 0.0786 e. The van der Waals surface area contributed by atoms with E-state index in [1.54, 1.807) is 24.3 Å². The highest BCUT2D eigenvalue weighted by molar-refractivity contribution is 5.85. The summed E-state index contributed by atoms with van der Waals surface area (Å²) in [4.78, 5) is 10.3. The van der Waals surface area contributed by atoms with Crippen molar-refractivity contribution < 1.29 is 14.4 Å². The SMILES string of the molecule is CCCC[N+](CCCC)(CCCC)CCCC.CCc1ccc(C(=O)[O-])cc1. The number of aromatic carboxylic acids is 1. The highest BCUT2D eigenvalue weighted by atomic mass is 16.4. The third-order valence-corrected chi connectivity index (χ3v) is 5.54. The van der Waals surface area contributed by atoms with Crippen molar-refractivity contribution in [2.24, 2.45) is 0 Å². The van der Waals surface area contributed by atoms with Crippen molar-refractivity contribution in [1.29, 1.82) is 0 Å². The van der Waals surface area contributed by atoms with Gasteiger partial charge in [0.1, 0.15) is 0 Å². The van der Waals surface area contributed by atoms with Gasteiger partial charge in [-0.3, -0.25) is 0 Å². The zero-order valence-electron chi connectivity index (χ0n) is 19.3. The van der Waals surface area contributed by atoms with Crippen molar-refractivity contribution in [2.45, 2.75) is 92.4 Å². The van der Waals surface area contributed by atoms with Crippen LogP contribution < -0.4 is 5.11 Å². The monoisotopic (exact) mass is 391 g/mol. The van der Waals surface area contributed by atoms with Gasteiger partial charge in [0.2, 0.25) is 0 Å². The third-order valence-electron chi connectivity index (χ3n) is 5.54. The highest BCUT2D eigenvalue weighted by Gasteiger charge is 2.24. The van der Waals surface area contributed by atoms with Gasteiger partial charge < -0.3 is 14.4 Å². The molecule has 28 heavy (non-hydrogen) atoms. The van der Waals surface area contributed by atoms with Crippen LogP contribution in [0.1, 0.15) is 102 Å². The van der Waals surface area contributed by atoms with E-state index in [-0.39, 0.29) is 5.56 Å². The average Bonchev–Trinajstić information content (AvgIpc) is 2.73. The van der Waals surface area contributed by atoms with Crippen molar-refractivity contribution in [3.63, 3.8) is 0 Å². The van der Waals surface area contributed by atoms with E-state index < -0.39 is 5.97 Å². The van der Waals surface area contributed by atoms with Crippen molar-refractivity contribution in [1.82, 2.24) is 0 Å². The molecule has 0 radical (unpaired) electrons. The summed E-state index contributed by atoms with van der Waals surface area (Å²) in [5, 5.41) is 10.3. The fraction of sp³-hybridized carbons (Fsp3) is 0.720. The van der Waals surface area contributed by atoms with Gasteiger partial charge in [0.15, 0.2) is 0 Å². The number of rotatable bonds is 14. The maximum Gasteiger partial charge on any atom is 0.0786 e. The molecule has 3 heteroatoms. The van der Waals surface area contributed by atoms with E-state index in [1.807, 2.05) is 6.92 Å². The summed E-state index contributed by atoms with van der Waals surface area (Å²) in [6.45, 7) is 17.0. The molecular formula is C25H45NO2. The van der Waals surface area contributed by atoms with Crippen LogP contribution in [-0.4, -0.2) is 36.6 Å². The Kier molecular flexibility index (Phi) is 15.8. The number of hydrogen-bond donors (Lipinski definition) is 0. The van der Waals surface area contributed by atoms with Gasteiger partial charge in [0.25, 0.3) is 0 Å². The number of carboxylic acids is 1. The summed E-state index contributed by atoms with van der Waals surface area (Å²) in [5.41, 5.74) is 1.37. The summed E-state index contributed by atoms with van der Waals surface area (Å²) in [6.07, 6.45) is 12.0. The molecule has 1 aromatic rings. The molecule has 0 N–H and O–H groups in total. The molecule has 0 aliphatic heterocycles. The number of hydrogen-bond acceptors (Lipinski definition) is 2. The summed E-state index contributed by atoms with van der Waals surface area (Å²) in [5.74, 6) is -1.12. The lowest BCUT2D eigenvalue weighted by Gasteiger charge is -2.39. The van der Waals surface area contributed by atoms with Gasteiger partial charge >= 0.3 is 0 Å². The van der Waals surface area contributed by atoms with E-state index in [0.717, 1.165) is 12.0 Å². The molecule has 0 unspecified atom stereocenters. The van der Waals surface area contributed by atoms with Gasteiger partial charge in [-0.2, -0.15) is 0 Å². The van der Waals surface area contributed by atoms with Gasteiger partial charge in [-0.05, 0) is 43.2 Å². The molecule has 0 spiro atoms. The molecule has 1 rings (SSSR count). The van der Waals surface area contributed by atoms with Crippen LogP contribution in [0, 0.1) is 0 Å². The van der Waals surface area contributed by atoms with Gasteiger partial charge in [0.05, 0.1) is 32.1 Å². The number of unbranched alkanes of at least 4 members (excludes halogenated alkanes) is 4. The first-order chi connectivity index (χ1) is 13.5. The molecule has 1 aromatic carbocycles. The predicted molar refractivity (Wildman–Crippen MR) is 120 cm³/mol. The predicted octanol–water partition coefficient (Wildman–Crippen LogP) is 5.62. The van der Waals surface area contributed by atoms with Crippen LogP contribution in [0.4, 0.5) is 0 Å². The normalized spacial score (nSPS) is 11.0. The van der Waals surface area contributed by atoms with Crippen LogP contribution in [0.25, 0.3) is 0 Å². The Labute approximate surface area is 174 Å². The number of carbonyl (C=O) groups excluding carboxylic acids is 1. The number of carbonyl (C=O) groups is 1. The standard InChI is InChI=1S/C16H36N.C9H10O2/c1-5-9-13-17(14-10-6-2,15-11-7-3)16-12-8-4;1-2-7-3-5-8(6-4-7)9(10)11/h5-16H2,1-4H3;3-6H,2H2,1H3,(H,10,11)/q+1;/p-1. The highest BCUT2D eigenvalue weighted by Crippen LogP contribution is 2.16. The maximum absolute atomic E-state index is 10.3. The first-order valence-electron chi connectivity index (χ1n) is 11.6. The Hall–Kier alpha value is -1.35. The second-order valence-corrected chi connectivity index (χ2v) is 7.99. The van der Waals surface area contributed by atoms with Crippen LogP contribution in [0.15, 0.2) is 24.3 Å². The number of quaternary nitrogens is 1. The quantitative estimate of drug-likeness (QED) is 0.386. The first kappa shape index (κ1) is 26.6. The lowest BCUT2D eigenvalue weighted by molar-refractivity contribution is -0.929. The van der Waals surface area contributed by atoms with Gasteiger partial charge in [0, 0.05) is 0 Å². The van der Waals surface area contributed by atoms with E-state index in [0.29, 0.717) is 0 Å². The lowest BCUT2D eigenvalue weighted by Crippen LogP contribution is -2.50. The molecule has 0 amide bonds. The van der Waals surface area contributed by atoms with Crippen LogP contribution in [0.3, 0.4) is 0 Å². The second-order valence-electron chi connectivity index (χ2n) is 7.99. The number of benzene rings is 1. The maximum atomic E-state index is 10.3. The van der Waals surface area contributed by atoms with E-state index in [2.05, 4.69) is 27.7 Å². The van der Waals surface area contributed by atoms with E-state index in [9.17, 15) is 9.90 Å². The van der Waals surface area contributed by atoms with Crippen LogP contribution >= 0.6 is 0 Å². The molecule has 0 atom stereocenters. The fourth-order valence-corrected chi connectivity index (χ4v) is 3.52. The van der Waals surface area contributed by atoms with Crippen molar-refractivity contribution in [3.8, 4) is 0 Å². The first-order valence-corrected chi connectivity index (χ1v) is 11.6. The summed E-state index contributed by atoms with van der Waals surface area (Å²) >= 11 is 0. The molecule has 0 bridgehead atoms. The molecule has 0 aliphatic carbocycles. The van der Waals surface area contributed by atoms with Gasteiger partial charge in [-0.15, -0.1) is 0 Å². The molecule has 0 aromatic heterocycles. The Balaban J connectivity index is 0.000000567. The Morgan fingerprint density at radius 2 is 1.07 bits per heavy atom. The van der Waals surface area contributed by atoms with E-state index in [1.165, 1.54) is 82.0 Å². The molecule has 0 saturated carbocycles. The van der Waals surface area contributed by atoms with Crippen molar-refractivity contribution >= 4 is 5.97 Å². The Bertz CT molecular complexity index is 458. The van der Waals surface area contributed by atoms with Crippen LogP contribution in [-0.2, 0) is 6.42 Å². The molecule has 3 nitrogen and oxygen atoms in total. The topological polar surface area (TPSA) is 40.1 Å². The fourth-order valence-electron chi connectivity index (χ4n) is 3.52. The minimum absolute atomic E-state index is 0.238. The Morgan fingerprint density at radius 1 is 0.714 bits per heavy atom. The molecule has 162 valence electrons.